The van der Waals surface area contributed by atoms with E-state index in [0.717, 1.165) is 36.8 Å². The minimum absolute atomic E-state index is 0.0987. The number of hydrogen-bond acceptors (Lipinski definition) is 4. The maximum atomic E-state index is 14.3. The first kappa shape index (κ1) is 31.4. The van der Waals surface area contributed by atoms with Crippen molar-refractivity contribution in [3.8, 4) is 0 Å². The molecule has 7 nitrogen and oxygen atoms in total. The van der Waals surface area contributed by atoms with Gasteiger partial charge in [0.2, 0.25) is 11.8 Å². The molecule has 1 aromatic carbocycles. The van der Waals surface area contributed by atoms with Crippen LogP contribution in [-0.2, 0) is 14.3 Å². The molecule has 1 aliphatic carbocycles. The van der Waals surface area contributed by atoms with Gasteiger partial charge in [-0.1, -0.05) is 70.9 Å². The van der Waals surface area contributed by atoms with Gasteiger partial charge in [0, 0.05) is 12.1 Å². The Morgan fingerprint density at radius 2 is 1.79 bits per heavy atom. The molecule has 0 aliphatic heterocycles. The zero-order valence-corrected chi connectivity index (χ0v) is 24.5. The number of ether oxygens (including phenoxy) is 1. The van der Waals surface area contributed by atoms with Gasteiger partial charge in [0.15, 0.2) is 0 Å². The molecule has 0 spiro atoms. The van der Waals surface area contributed by atoms with Crippen LogP contribution in [0.2, 0.25) is 0 Å². The number of nitrogens with one attached hydrogen (secondary N) is 2. The zero-order valence-electron chi connectivity index (χ0n) is 24.5. The predicted molar refractivity (Wildman–Crippen MR) is 154 cm³/mol. The van der Waals surface area contributed by atoms with Crippen LogP contribution in [-0.4, -0.2) is 46.5 Å². The van der Waals surface area contributed by atoms with E-state index in [1.165, 1.54) is 6.42 Å². The average Bonchev–Trinajstić information content (AvgIpc) is 2.85. The molecule has 0 heterocycles. The molecule has 0 aromatic heterocycles. The summed E-state index contributed by atoms with van der Waals surface area (Å²) in [6.45, 7) is 17.2. The summed E-state index contributed by atoms with van der Waals surface area (Å²) in [6, 6.07) is 5.80. The Balaban J connectivity index is 2.52. The van der Waals surface area contributed by atoms with Gasteiger partial charge >= 0.3 is 6.09 Å². The quantitative estimate of drug-likeness (QED) is 0.349. The second kappa shape index (κ2) is 14.4. The van der Waals surface area contributed by atoms with Crippen molar-refractivity contribution in [2.75, 3.05) is 0 Å². The van der Waals surface area contributed by atoms with Gasteiger partial charge in [-0.05, 0) is 76.5 Å². The van der Waals surface area contributed by atoms with E-state index in [2.05, 4.69) is 17.2 Å². The Kier molecular flexibility index (Phi) is 11.9. The van der Waals surface area contributed by atoms with Crippen molar-refractivity contribution in [2.45, 2.75) is 123 Å². The molecular formula is C31H49N3O4. The van der Waals surface area contributed by atoms with Crippen LogP contribution in [0.1, 0.15) is 111 Å². The van der Waals surface area contributed by atoms with Crippen LogP contribution in [0.4, 0.5) is 4.79 Å². The highest BCUT2D eigenvalue weighted by Gasteiger charge is 2.39. The normalized spacial score (nSPS) is 16.7. The molecule has 3 atom stereocenters. The van der Waals surface area contributed by atoms with Gasteiger partial charge in [-0.3, -0.25) is 9.59 Å². The van der Waals surface area contributed by atoms with Crippen molar-refractivity contribution in [1.82, 2.24) is 15.5 Å². The molecule has 2 rings (SSSR count). The molecule has 1 aromatic rings. The summed E-state index contributed by atoms with van der Waals surface area (Å²) in [6.07, 6.45) is 7.42. The highest BCUT2D eigenvalue weighted by molar-refractivity contribution is 5.92. The molecule has 0 saturated heterocycles. The fraction of sp³-hybridized carbons (Fsp3) is 0.645. The van der Waals surface area contributed by atoms with Gasteiger partial charge in [-0.25, -0.2) is 4.79 Å². The Labute approximate surface area is 229 Å². The number of nitrogens with zero attached hydrogens (tertiary/aromatic N) is 1. The molecule has 7 heteroatoms. The Morgan fingerprint density at radius 3 is 2.34 bits per heavy atom. The molecule has 1 fully saturated rings. The number of amides is 3. The minimum Gasteiger partial charge on any atom is -0.444 e. The smallest absolute Gasteiger partial charge is 0.408 e. The van der Waals surface area contributed by atoms with Crippen LogP contribution in [0.15, 0.2) is 30.8 Å². The first-order valence-corrected chi connectivity index (χ1v) is 14.2. The maximum absolute atomic E-state index is 14.3. The van der Waals surface area contributed by atoms with Crippen molar-refractivity contribution < 1.29 is 19.1 Å². The summed E-state index contributed by atoms with van der Waals surface area (Å²) in [5, 5.41) is 6.06. The molecule has 1 saturated carbocycles. The second-order valence-corrected chi connectivity index (χ2v) is 12.0. The van der Waals surface area contributed by atoms with Gasteiger partial charge in [0.25, 0.3) is 0 Å². The van der Waals surface area contributed by atoms with Crippen LogP contribution in [0, 0.1) is 5.92 Å². The fourth-order valence-corrected chi connectivity index (χ4v) is 4.94. The van der Waals surface area contributed by atoms with E-state index in [1.54, 1.807) is 31.7 Å². The second-order valence-electron chi connectivity index (χ2n) is 12.0. The van der Waals surface area contributed by atoms with Crippen LogP contribution < -0.4 is 10.6 Å². The topological polar surface area (TPSA) is 87.7 Å². The highest BCUT2D eigenvalue weighted by atomic mass is 16.6. The molecule has 38 heavy (non-hydrogen) atoms. The van der Waals surface area contributed by atoms with E-state index in [4.69, 9.17) is 4.74 Å². The van der Waals surface area contributed by atoms with Crippen molar-refractivity contribution in [2.24, 2.45) is 5.92 Å². The number of hydrogen-bond donors (Lipinski definition) is 2. The number of alkyl carbamates (subject to hydrolysis) is 1. The summed E-state index contributed by atoms with van der Waals surface area (Å²) in [5.74, 6) is -0.338. The summed E-state index contributed by atoms with van der Waals surface area (Å²) in [5.41, 5.74) is 0.907. The molecule has 0 radical (unpaired) electrons. The van der Waals surface area contributed by atoms with E-state index in [-0.39, 0.29) is 29.8 Å². The fourth-order valence-electron chi connectivity index (χ4n) is 4.94. The maximum Gasteiger partial charge on any atom is 0.408 e. The Morgan fingerprint density at radius 1 is 1.13 bits per heavy atom. The Bertz CT molecular complexity index is 947. The van der Waals surface area contributed by atoms with Crippen molar-refractivity contribution in [3.63, 3.8) is 0 Å². The largest absolute Gasteiger partial charge is 0.444 e. The van der Waals surface area contributed by atoms with Crippen molar-refractivity contribution >= 4 is 24.0 Å². The lowest BCUT2D eigenvalue weighted by Gasteiger charge is -2.39. The zero-order chi connectivity index (χ0) is 28.5. The molecular weight excluding hydrogens is 478 g/mol. The van der Waals surface area contributed by atoms with Crippen LogP contribution >= 0.6 is 0 Å². The lowest BCUT2D eigenvalue weighted by Crippen LogP contribution is -2.56. The van der Waals surface area contributed by atoms with Gasteiger partial charge in [-0.15, -0.1) is 0 Å². The first-order valence-electron chi connectivity index (χ1n) is 14.2. The van der Waals surface area contributed by atoms with E-state index >= 15 is 0 Å². The lowest BCUT2D eigenvalue weighted by molar-refractivity contribution is -0.145. The molecule has 2 N–H and O–H groups in total. The number of carbonyl (C=O) groups excluding carboxylic acids is 3. The Hall–Kier alpha value is -2.83. The summed E-state index contributed by atoms with van der Waals surface area (Å²) in [4.78, 5) is 42.7. The third-order valence-electron chi connectivity index (χ3n) is 6.96. The summed E-state index contributed by atoms with van der Waals surface area (Å²) < 4.78 is 5.48. The van der Waals surface area contributed by atoms with Gasteiger partial charge < -0.3 is 20.3 Å². The van der Waals surface area contributed by atoms with Crippen LogP contribution in [0.5, 0.6) is 0 Å². The lowest BCUT2D eigenvalue weighted by atomic mass is 9.93. The SMILES string of the molecule is C=Cc1cccc(C(C(=O)NC2CCCCC2)N(C(=O)C(CC(C)C)NC(=O)OC(C)(C)C)C(C)CC)c1. The minimum atomic E-state index is -0.839. The predicted octanol–water partition coefficient (Wildman–Crippen LogP) is 6.39. The van der Waals surface area contributed by atoms with E-state index in [0.29, 0.717) is 12.8 Å². The van der Waals surface area contributed by atoms with Gasteiger partial charge in [-0.2, -0.15) is 0 Å². The first-order chi connectivity index (χ1) is 17.9. The number of rotatable bonds is 11. The van der Waals surface area contributed by atoms with E-state index in [1.807, 2.05) is 52.0 Å². The molecule has 3 amide bonds. The summed E-state index contributed by atoms with van der Waals surface area (Å²) >= 11 is 0. The van der Waals surface area contributed by atoms with Crippen LogP contribution in [0.25, 0.3) is 6.08 Å². The number of benzene rings is 1. The molecule has 0 bridgehead atoms. The molecule has 1 aliphatic rings. The molecule has 212 valence electrons. The monoisotopic (exact) mass is 527 g/mol. The molecule has 3 unspecified atom stereocenters. The summed E-state index contributed by atoms with van der Waals surface area (Å²) in [7, 11) is 0. The number of carbonyl (C=O) groups is 3. The van der Waals surface area contributed by atoms with Crippen LogP contribution in [0.3, 0.4) is 0 Å². The standard InChI is InChI=1S/C31H49N3O4/c1-9-22(5)34(29(36)26(19-21(3)4)33-30(37)38-31(6,7)8)27(24-16-14-15-23(10-2)20-24)28(35)32-25-17-12-11-13-18-25/h10,14-16,20-22,25-27H,2,9,11-13,17-19H2,1,3-8H3,(H,32,35)(H,33,37). The third kappa shape index (κ3) is 9.48. The van der Waals surface area contributed by atoms with Gasteiger partial charge in [0.05, 0.1) is 0 Å². The van der Waals surface area contributed by atoms with Crippen molar-refractivity contribution in [3.05, 3.63) is 42.0 Å². The van der Waals surface area contributed by atoms with E-state index < -0.39 is 23.8 Å². The highest BCUT2D eigenvalue weighted by Crippen LogP contribution is 2.29. The van der Waals surface area contributed by atoms with Crippen molar-refractivity contribution in [1.29, 1.82) is 0 Å². The average molecular weight is 528 g/mol. The van der Waals surface area contributed by atoms with Gasteiger partial charge in [0.1, 0.15) is 17.7 Å². The third-order valence-corrected chi connectivity index (χ3v) is 6.96. The van der Waals surface area contributed by atoms with E-state index in [9.17, 15) is 14.4 Å².